The number of primary amides is 1. The number of hydrogen-bond acceptors (Lipinski definition) is 3. The number of ether oxygens (including phenoxy) is 1. The summed E-state index contributed by atoms with van der Waals surface area (Å²) in [4.78, 5) is 19.1. The van der Waals surface area contributed by atoms with Crippen LogP contribution in [0, 0.1) is 0 Å². The highest BCUT2D eigenvalue weighted by Gasteiger charge is 2.24. The molecule has 5 nitrogen and oxygen atoms in total. The normalized spacial score (nSPS) is 13.2. The predicted molar refractivity (Wildman–Crippen MR) is 127 cm³/mol. The molecule has 0 spiro atoms. The van der Waals surface area contributed by atoms with Crippen LogP contribution in [0.1, 0.15) is 53.1 Å². The summed E-state index contributed by atoms with van der Waals surface area (Å²) in [5.41, 5.74) is 8.23. The van der Waals surface area contributed by atoms with Gasteiger partial charge in [-0.1, -0.05) is 72.8 Å². The van der Waals surface area contributed by atoms with Crippen molar-refractivity contribution in [3.8, 4) is 0 Å². The minimum absolute atomic E-state index is 0.0294. The first kappa shape index (κ1) is 21.8. The van der Waals surface area contributed by atoms with E-state index in [0.29, 0.717) is 12.3 Å². The Kier molecular flexibility index (Phi) is 6.97. The largest absolute Gasteiger partial charge is 0.373 e. The second-order valence-electron chi connectivity index (χ2n) is 8.19. The second-order valence-corrected chi connectivity index (χ2v) is 8.19. The zero-order valence-corrected chi connectivity index (χ0v) is 18.3. The monoisotopic (exact) mass is 427 g/mol. The number of benzene rings is 3. The van der Waals surface area contributed by atoms with Crippen molar-refractivity contribution in [1.29, 1.82) is 0 Å². The Morgan fingerprint density at radius 1 is 1.03 bits per heavy atom. The number of aromatic amines is 1. The van der Waals surface area contributed by atoms with Crippen molar-refractivity contribution in [2.24, 2.45) is 5.73 Å². The van der Waals surface area contributed by atoms with E-state index in [1.807, 2.05) is 18.2 Å². The zero-order valence-electron chi connectivity index (χ0n) is 18.3. The van der Waals surface area contributed by atoms with Gasteiger partial charge in [-0.2, -0.15) is 0 Å². The number of carbonyl (C=O) groups is 1. The molecule has 0 bridgehead atoms. The summed E-state index contributed by atoms with van der Waals surface area (Å²) in [6, 6.07) is 25.1. The van der Waals surface area contributed by atoms with Crippen molar-refractivity contribution < 1.29 is 9.53 Å². The van der Waals surface area contributed by atoms with Crippen molar-refractivity contribution in [1.82, 2.24) is 9.97 Å². The Balaban J connectivity index is 1.47. The molecule has 164 valence electrons. The smallest absolute Gasteiger partial charge is 0.266 e. The highest BCUT2D eigenvalue weighted by molar-refractivity contribution is 5.90. The molecule has 4 rings (SSSR count). The Morgan fingerprint density at radius 3 is 2.56 bits per heavy atom. The number of nitrogens with zero attached hydrogens (tertiary/aromatic N) is 1. The van der Waals surface area contributed by atoms with Crippen molar-refractivity contribution in [2.75, 3.05) is 0 Å². The summed E-state index contributed by atoms with van der Waals surface area (Å²) in [6.07, 6.45) is 4.26. The Labute approximate surface area is 188 Å². The van der Waals surface area contributed by atoms with Crippen LogP contribution in [0.5, 0.6) is 0 Å². The number of nitrogens with one attached hydrogen (secondary N) is 1. The number of rotatable bonds is 10. The summed E-state index contributed by atoms with van der Waals surface area (Å²) >= 11 is 0. The predicted octanol–water partition coefficient (Wildman–Crippen LogP) is 5.37. The van der Waals surface area contributed by atoms with Gasteiger partial charge in [0.15, 0.2) is 0 Å². The van der Waals surface area contributed by atoms with Gasteiger partial charge in [0.25, 0.3) is 5.91 Å². The molecule has 0 aliphatic carbocycles. The molecule has 1 heterocycles. The minimum Gasteiger partial charge on any atom is -0.373 e. The minimum atomic E-state index is -0.504. The van der Waals surface area contributed by atoms with E-state index >= 15 is 0 Å². The lowest BCUT2D eigenvalue weighted by molar-refractivity contribution is 0.0303. The number of nitrogens with two attached hydrogens (primary N) is 1. The molecule has 0 saturated heterocycles. The van der Waals surface area contributed by atoms with E-state index in [0.717, 1.165) is 30.7 Å². The van der Waals surface area contributed by atoms with Gasteiger partial charge in [-0.3, -0.25) is 4.79 Å². The molecule has 3 aromatic carbocycles. The van der Waals surface area contributed by atoms with Crippen LogP contribution in [0.4, 0.5) is 0 Å². The van der Waals surface area contributed by atoms with Gasteiger partial charge in [0.2, 0.25) is 0 Å². The average molecular weight is 428 g/mol. The van der Waals surface area contributed by atoms with Gasteiger partial charge in [-0.05, 0) is 48.1 Å². The molecule has 0 fully saturated rings. The maximum absolute atomic E-state index is 11.6. The molecule has 2 atom stereocenters. The topological polar surface area (TPSA) is 81.0 Å². The van der Waals surface area contributed by atoms with Crippen molar-refractivity contribution >= 4 is 16.7 Å². The summed E-state index contributed by atoms with van der Waals surface area (Å²) in [5, 5.41) is 2.56. The molecule has 5 heteroatoms. The number of hydrogen-bond donors (Lipinski definition) is 2. The Hall–Kier alpha value is -3.44. The van der Waals surface area contributed by atoms with E-state index in [9.17, 15) is 4.79 Å². The number of aromatic nitrogens is 2. The number of imidazole rings is 1. The zero-order chi connectivity index (χ0) is 22.3. The SMILES string of the molecule is C[C@H](OCc1ccccc1)[C@H](CCCc1cccc2ccccc12)c1ncc(C(N)=O)[nH]1. The second kappa shape index (κ2) is 10.2. The molecular weight excluding hydrogens is 398 g/mol. The first-order chi connectivity index (χ1) is 15.6. The van der Waals surface area contributed by atoms with Crippen LogP contribution in [0.2, 0.25) is 0 Å². The molecule has 0 aliphatic rings. The maximum atomic E-state index is 11.6. The number of aryl methyl sites for hydroxylation is 1. The first-order valence-electron chi connectivity index (χ1n) is 11.1. The number of H-pyrrole nitrogens is 1. The van der Waals surface area contributed by atoms with E-state index in [1.54, 1.807) is 0 Å². The molecule has 1 amide bonds. The fraction of sp³-hybridized carbons (Fsp3) is 0.259. The van der Waals surface area contributed by atoms with Gasteiger partial charge in [0.05, 0.1) is 18.9 Å². The van der Waals surface area contributed by atoms with Crippen LogP contribution in [0.25, 0.3) is 10.8 Å². The lowest BCUT2D eigenvalue weighted by Gasteiger charge is -2.23. The molecule has 0 saturated carbocycles. The van der Waals surface area contributed by atoms with Crippen molar-refractivity contribution in [3.05, 3.63) is 102 Å². The van der Waals surface area contributed by atoms with E-state index in [1.165, 1.54) is 22.5 Å². The Morgan fingerprint density at radius 2 is 1.78 bits per heavy atom. The van der Waals surface area contributed by atoms with E-state index in [4.69, 9.17) is 10.5 Å². The van der Waals surface area contributed by atoms with Gasteiger partial charge in [0.1, 0.15) is 11.5 Å². The molecule has 32 heavy (non-hydrogen) atoms. The summed E-state index contributed by atoms with van der Waals surface area (Å²) in [7, 11) is 0. The summed E-state index contributed by atoms with van der Waals surface area (Å²) < 4.78 is 6.21. The van der Waals surface area contributed by atoms with Gasteiger partial charge in [-0.25, -0.2) is 4.98 Å². The van der Waals surface area contributed by atoms with Crippen LogP contribution in [-0.4, -0.2) is 22.0 Å². The Bertz CT molecular complexity index is 1160. The number of carbonyl (C=O) groups excluding carboxylic acids is 1. The number of amides is 1. The first-order valence-corrected chi connectivity index (χ1v) is 11.1. The fourth-order valence-corrected chi connectivity index (χ4v) is 4.18. The lowest BCUT2D eigenvalue weighted by Crippen LogP contribution is -2.21. The quantitative estimate of drug-likeness (QED) is 0.357. The standard InChI is InChI=1S/C27H29N3O2/c1-19(32-18-20-9-3-2-4-10-20)23(27-29-17-25(30-27)26(28)31)16-8-14-22-13-7-12-21-11-5-6-15-24(21)22/h2-7,9-13,15,17,19,23H,8,14,16,18H2,1H3,(H2,28,31)(H,29,30)/t19-,23-/m0/s1. The average Bonchev–Trinajstić information content (AvgIpc) is 3.31. The van der Waals surface area contributed by atoms with Crippen LogP contribution in [-0.2, 0) is 17.8 Å². The lowest BCUT2D eigenvalue weighted by atomic mass is 9.93. The van der Waals surface area contributed by atoms with Crippen molar-refractivity contribution in [3.63, 3.8) is 0 Å². The molecule has 0 unspecified atom stereocenters. The van der Waals surface area contributed by atoms with E-state index in [-0.39, 0.29) is 12.0 Å². The molecule has 3 N–H and O–H groups in total. The third-order valence-electron chi connectivity index (χ3n) is 5.98. The summed E-state index contributed by atoms with van der Waals surface area (Å²) in [5.74, 6) is 0.273. The molecule has 0 aliphatic heterocycles. The highest BCUT2D eigenvalue weighted by atomic mass is 16.5. The molecule has 4 aromatic rings. The van der Waals surface area contributed by atoms with Crippen LogP contribution in [0.3, 0.4) is 0 Å². The van der Waals surface area contributed by atoms with E-state index in [2.05, 4.69) is 71.5 Å². The van der Waals surface area contributed by atoms with Crippen LogP contribution < -0.4 is 5.73 Å². The number of fused-ring (bicyclic) bond motifs is 1. The molecule has 0 radical (unpaired) electrons. The maximum Gasteiger partial charge on any atom is 0.266 e. The third kappa shape index (κ3) is 5.24. The molecular formula is C27H29N3O2. The fourth-order valence-electron chi connectivity index (χ4n) is 4.18. The van der Waals surface area contributed by atoms with E-state index < -0.39 is 5.91 Å². The van der Waals surface area contributed by atoms with Gasteiger partial charge < -0.3 is 15.5 Å². The third-order valence-corrected chi connectivity index (χ3v) is 5.98. The van der Waals surface area contributed by atoms with Gasteiger partial charge in [0, 0.05) is 5.92 Å². The van der Waals surface area contributed by atoms with Crippen LogP contribution >= 0.6 is 0 Å². The highest BCUT2D eigenvalue weighted by Crippen LogP contribution is 2.28. The molecule has 1 aromatic heterocycles. The van der Waals surface area contributed by atoms with Gasteiger partial charge >= 0.3 is 0 Å². The van der Waals surface area contributed by atoms with Crippen molar-refractivity contribution in [2.45, 2.75) is 44.8 Å². The van der Waals surface area contributed by atoms with Gasteiger partial charge in [-0.15, -0.1) is 0 Å². The summed E-state index contributed by atoms with van der Waals surface area (Å²) in [6.45, 7) is 2.60. The van der Waals surface area contributed by atoms with Crippen LogP contribution in [0.15, 0.2) is 79.0 Å².